The van der Waals surface area contributed by atoms with Gasteiger partial charge in [-0.1, -0.05) is 15.9 Å². The zero-order chi connectivity index (χ0) is 9.07. The molecular weight excluding hydrogens is 238 g/mol. The number of rotatable bonds is 4. The van der Waals surface area contributed by atoms with Gasteiger partial charge in [-0.3, -0.25) is 4.79 Å². The summed E-state index contributed by atoms with van der Waals surface area (Å²) in [6, 6.07) is -1.09. The predicted octanol–water partition coefficient (Wildman–Crippen LogP) is -0.269. The smallest absolute Gasteiger partial charge is 0.321 e. The second-order valence-corrected chi connectivity index (χ2v) is 4.96. The second kappa shape index (κ2) is 4.03. The minimum atomic E-state index is -3.48. The summed E-state index contributed by atoms with van der Waals surface area (Å²) in [4.78, 5) is 10.2. The van der Waals surface area contributed by atoms with Gasteiger partial charge in [0.1, 0.15) is 10.7 Å². The molecular formula is C4H8BrNO4S. The molecule has 0 heterocycles. The van der Waals surface area contributed by atoms with E-state index in [-0.39, 0.29) is 4.66 Å². The molecule has 66 valence electrons. The quantitative estimate of drug-likeness (QED) is 0.669. The highest BCUT2D eigenvalue weighted by Crippen LogP contribution is 1.93. The minimum Gasteiger partial charge on any atom is -0.480 e. The molecule has 7 heteroatoms. The lowest BCUT2D eigenvalue weighted by Gasteiger charge is -2.06. The van der Waals surface area contributed by atoms with Crippen LogP contribution in [0, 0.1) is 0 Å². The first-order valence-corrected chi connectivity index (χ1v) is 5.45. The maximum Gasteiger partial charge on any atom is 0.321 e. The molecule has 0 saturated heterocycles. The Morgan fingerprint density at radius 3 is 2.45 bits per heavy atom. The molecule has 0 radical (unpaired) electrons. The SMILES string of the molecule is C[C@H](NS(=O)(=O)CBr)C(=O)O. The third kappa shape index (κ3) is 4.33. The summed E-state index contributed by atoms with van der Waals surface area (Å²) in [7, 11) is -3.48. The molecule has 0 aromatic heterocycles. The highest BCUT2D eigenvalue weighted by atomic mass is 79.9. The van der Waals surface area contributed by atoms with Crippen molar-refractivity contribution in [3.05, 3.63) is 0 Å². The Hall–Kier alpha value is -0.140. The number of aliphatic carboxylic acids is 1. The molecule has 5 nitrogen and oxygen atoms in total. The Kier molecular flexibility index (Phi) is 3.98. The van der Waals surface area contributed by atoms with Gasteiger partial charge in [0.05, 0.1) is 0 Å². The third-order valence-electron chi connectivity index (χ3n) is 0.870. The molecule has 0 rings (SSSR count). The molecule has 11 heavy (non-hydrogen) atoms. The van der Waals surface area contributed by atoms with Crippen molar-refractivity contribution in [3.8, 4) is 0 Å². The van der Waals surface area contributed by atoms with E-state index in [1.165, 1.54) is 6.92 Å². The fraction of sp³-hybridized carbons (Fsp3) is 0.750. The van der Waals surface area contributed by atoms with Crippen LogP contribution >= 0.6 is 15.9 Å². The molecule has 0 unspecified atom stereocenters. The van der Waals surface area contributed by atoms with Gasteiger partial charge in [-0.05, 0) is 6.92 Å². The Morgan fingerprint density at radius 1 is 1.73 bits per heavy atom. The first-order chi connectivity index (χ1) is 4.89. The van der Waals surface area contributed by atoms with Gasteiger partial charge in [0.2, 0.25) is 10.0 Å². The second-order valence-electron chi connectivity index (χ2n) is 1.90. The number of hydrogen-bond donors (Lipinski definition) is 2. The van der Waals surface area contributed by atoms with Crippen LogP contribution in [0.25, 0.3) is 0 Å². The summed E-state index contributed by atoms with van der Waals surface area (Å²) in [6.07, 6.45) is 0. The summed E-state index contributed by atoms with van der Waals surface area (Å²) < 4.78 is 23.0. The highest BCUT2D eigenvalue weighted by molar-refractivity contribution is 9.10. The number of halogens is 1. The van der Waals surface area contributed by atoms with Gasteiger partial charge in [0, 0.05) is 0 Å². The van der Waals surface area contributed by atoms with Crippen molar-refractivity contribution in [1.82, 2.24) is 4.72 Å². The average Bonchev–Trinajstić information content (AvgIpc) is 1.87. The van der Waals surface area contributed by atoms with Gasteiger partial charge >= 0.3 is 5.97 Å². The van der Waals surface area contributed by atoms with Crippen molar-refractivity contribution < 1.29 is 18.3 Å². The molecule has 0 fully saturated rings. The molecule has 0 aliphatic rings. The average molecular weight is 246 g/mol. The molecule has 0 aromatic carbocycles. The number of carboxylic acids is 1. The first-order valence-electron chi connectivity index (χ1n) is 2.68. The Balaban J connectivity index is 4.16. The van der Waals surface area contributed by atoms with E-state index in [1.807, 2.05) is 4.72 Å². The summed E-state index contributed by atoms with van der Waals surface area (Å²) >= 11 is 2.71. The van der Waals surface area contributed by atoms with Crippen LogP contribution in [0.4, 0.5) is 0 Å². The number of carbonyl (C=O) groups is 1. The van der Waals surface area contributed by atoms with Crippen LogP contribution in [0.3, 0.4) is 0 Å². The van der Waals surface area contributed by atoms with Crippen molar-refractivity contribution in [2.24, 2.45) is 0 Å². The Labute approximate surface area is 73.0 Å². The van der Waals surface area contributed by atoms with E-state index in [2.05, 4.69) is 15.9 Å². The largest absolute Gasteiger partial charge is 0.480 e. The number of sulfonamides is 1. The van der Waals surface area contributed by atoms with E-state index in [1.54, 1.807) is 0 Å². The van der Waals surface area contributed by atoms with Crippen LogP contribution < -0.4 is 4.72 Å². The van der Waals surface area contributed by atoms with Crippen LogP contribution in [-0.2, 0) is 14.8 Å². The van der Waals surface area contributed by atoms with Gasteiger partial charge in [-0.15, -0.1) is 0 Å². The van der Waals surface area contributed by atoms with Crippen LogP contribution in [0.5, 0.6) is 0 Å². The van der Waals surface area contributed by atoms with Crippen LogP contribution in [0.2, 0.25) is 0 Å². The van der Waals surface area contributed by atoms with E-state index in [0.29, 0.717) is 0 Å². The molecule has 1 atom stereocenters. The van der Waals surface area contributed by atoms with Crippen molar-refractivity contribution >= 4 is 31.9 Å². The maximum absolute atomic E-state index is 10.7. The Bertz CT molecular complexity index is 236. The monoisotopic (exact) mass is 245 g/mol. The third-order valence-corrected chi connectivity index (χ3v) is 3.68. The number of hydrogen-bond acceptors (Lipinski definition) is 3. The topological polar surface area (TPSA) is 83.5 Å². The summed E-state index contributed by atoms with van der Waals surface area (Å²) in [6.45, 7) is 1.25. The summed E-state index contributed by atoms with van der Waals surface area (Å²) in [5.74, 6) is -1.20. The van der Waals surface area contributed by atoms with Gasteiger partial charge in [0.15, 0.2) is 0 Å². The van der Waals surface area contributed by atoms with Crippen LogP contribution in [0.15, 0.2) is 0 Å². The Morgan fingerprint density at radius 2 is 2.18 bits per heavy atom. The number of alkyl halides is 1. The van der Waals surface area contributed by atoms with E-state index in [0.717, 1.165) is 0 Å². The molecule has 0 spiro atoms. The summed E-state index contributed by atoms with van der Waals surface area (Å²) in [5.41, 5.74) is 0. The molecule has 0 aliphatic heterocycles. The van der Waals surface area contributed by atoms with E-state index >= 15 is 0 Å². The highest BCUT2D eigenvalue weighted by Gasteiger charge is 2.17. The van der Waals surface area contributed by atoms with Crippen LogP contribution in [0.1, 0.15) is 6.92 Å². The number of nitrogens with one attached hydrogen (secondary N) is 1. The summed E-state index contributed by atoms with van der Waals surface area (Å²) in [5, 5.41) is 8.30. The predicted molar refractivity (Wildman–Crippen MR) is 42.9 cm³/mol. The maximum atomic E-state index is 10.7. The molecule has 0 bridgehead atoms. The molecule has 0 amide bonds. The van der Waals surface area contributed by atoms with Crippen molar-refractivity contribution in [2.75, 3.05) is 4.66 Å². The zero-order valence-corrected chi connectivity index (χ0v) is 8.15. The molecule has 2 N–H and O–H groups in total. The van der Waals surface area contributed by atoms with E-state index in [4.69, 9.17) is 5.11 Å². The van der Waals surface area contributed by atoms with Crippen molar-refractivity contribution in [3.63, 3.8) is 0 Å². The van der Waals surface area contributed by atoms with Crippen molar-refractivity contribution in [1.29, 1.82) is 0 Å². The minimum absolute atomic E-state index is 0.294. The van der Waals surface area contributed by atoms with Gasteiger partial charge in [0.25, 0.3) is 0 Å². The number of carboxylic acid groups (broad SMARTS) is 1. The van der Waals surface area contributed by atoms with Gasteiger partial charge in [-0.2, -0.15) is 0 Å². The lowest BCUT2D eigenvalue weighted by Crippen LogP contribution is -2.38. The standard InChI is InChI=1S/C4H8BrNO4S/c1-3(4(7)8)6-11(9,10)2-5/h3,6H,2H2,1H3,(H,7,8)/t3-/m0/s1. The van der Waals surface area contributed by atoms with E-state index < -0.39 is 22.0 Å². The van der Waals surface area contributed by atoms with Crippen molar-refractivity contribution in [2.45, 2.75) is 13.0 Å². The van der Waals surface area contributed by atoms with Gasteiger partial charge in [-0.25, -0.2) is 13.1 Å². The van der Waals surface area contributed by atoms with Gasteiger partial charge < -0.3 is 5.11 Å². The fourth-order valence-electron chi connectivity index (χ4n) is 0.351. The molecule has 0 aliphatic carbocycles. The fourth-order valence-corrected chi connectivity index (χ4v) is 1.45. The lowest BCUT2D eigenvalue weighted by molar-refractivity contribution is -0.138. The molecule has 0 saturated carbocycles. The van der Waals surface area contributed by atoms with Crippen LogP contribution in [-0.4, -0.2) is 30.2 Å². The normalized spacial score (nSPS) is 14.4. The van der Waals surface area contributed by atoms with E-state index in [9.17, 15) is 13.2 Å². The lowest BCUT2D eigenvalue weighted by atomic mass is 10.4. The molecule has 0 aromatic rings. The zero-order valence-electron chi connectivity index (χ0n) is 5.74. The first kappa shape index (κ1) is 10.9.